The fourth-order valence-electron chi connectivity index (χ4n) is 5.08. The van der Waals surface area contributed by atoms with Crippen molar-refractivity contribution in [2.45, 2.75) is 30.1 Å². The number of hydrogen-bond acceptors (Lipinski definition) is 6. The van der Waals surface area contributed by atoms with Crippen LogP contribution >= 0.6 is 0 Å². The normalized spacial score (nSPS) is 13.7. The zero-order valence-electron chi connectivity index (χ0n) is 20.9. The summed E-state index contributed by atoms with van der Waals surface area (Å²) >= 11 is 0. The topological polar surface area (TPSA) is 134 Å². The van der Waals surface area contributed by atoms with Crippen LogP contribution in [0.2, 0.25) is 0 Å². The van der Waals surface area contributed by atoms with Gasteiger partial charge in [0.25, 0.3) is 11.4 Å². The molecule has 0 spiro atoms. The van der Waals surface area contributed by atoms with Crippen LogP contribution in [0.1, 0.15) is 41.5 Å². The minimum Gasteiger partial charge on any atom is -0.258 e. The fraction of sp³-hybridized carbons (Fsp3) is 0.161. The van der Waals surface area contributed by atoms with Crippen LogP contribution in [-0.4, -0.2) is 9.85 Å². The number of hydrogen-bond donors (Lipinski definition) is 0. The first-order chi connectivity index (χ1) is 18.9. The molecule has 0 amide bonds. The minimum absolute atomic E-state index is 0.0654. The van der Waals surface area contributed by atoms with E-state index in [1.54, 1.807) is 24.3 Å². The SMILES string of the molecule is N#CC(CCCC(C#N)(c1ccccc1)c1ccc([N+](=O)[O-])cc1)(c1ccccc1)c1ccc([N+](=O)[O-])cc1. The molecule has 4 rings (SSSR count). The first kappa shape index (κ1) is 26.7. The summed E-state index contributed by atoms with van der Waals surface area (Å²) in [6, 6.07) is 35.5. The molecule has 8 nitrogen and oxygen atoms in total. The highest BCUT2D eigenvalue weighted by Crippen LogP contribution is 2.42. The summed E-state index contributed by atoms with van der Waals surface area (Å²) in [5.41, 5.74) is 0.401. The first-order valence-electron chi connectivity index (χ1n) is 12.3. The molecule has 0 aromatic heterocycles. The third kappa shape index (κ3) is 5.22. The Balaban J connectivity index is 1.74. The summed E-state index contributed by atoms with van der Waals surface area (Å²) in [5, 5.41) is 43.5. The Morgan fingerprint density at radius 1 is 0.538 bits per heavy atom. The molecular formula is C31H24N4O4. The molecule has 0 N–H and O–H groups in total. The van der Waals surface area contributed by atoms with Gasteiger partial charge in [0, 0.05) is 24.3 Å². The van der Waals surface area contributed by atoms with Gasteiger partial charge in [-0.15, -0.1) is 0 Å². The predicted molar refractivity (Wildman–Crippen MR) is 146 cm³/mol. The van der Waals surface area contributed by atoms with Gasteiger partial charge in [0.2, 0.25) is 0 Å². The maximum Gasteiger partial charge on any atom is 0.269 e. The fourth-order valence-corrected chi connectivity index (χ4v) is 5.08. The van der Waals surface area contributed by atoms with E-state index in [1.807, 2.05) is 60.7 Å². The molecule has 0 fully saturated rings. The van der Waals surface area contributed by atoms with Crippen molar-refractivity contribution < 1.29 is 9.85 Å². The van der Waals surface area contributed by atoms with Gasteiger partial charge in [-0.3, -0.25) is 20.2 Å². The Morgan fingerprint density at radius 3 is 1.13 bits per heavy atom. The van der Waals surface area contributed by atoms with Gasteiger partial charge in [-0.2, -0.15) is 10.5 Å². The molecule has 0 saturated carbocycles. The van der Waals surface area contributed by atoms with Crippen LogP contribution in [0.15, 0.2) is 109 Å². The Labute approximate surface area is 225 Å². The second-order valence-corrected chi connectivity index (χ2v) is 9.23. The van der Waals surface area contributed by atoms with Gasteiger partial charge in [-0.25, -0.2) is 0 Å². The molecule has 39 heavy (non-hydrogen) atoms. The number of nitro groups is 2. The van der Waals surface area contributed by atoms with E-state index in [2.05, 4.69) is 12.1 Å². The van der Waals surface area contributed by atoms with Crippen LogP contribution in [-0.2, 0) is 10.8 Å². The average molecular weight is 517 g/mol. The maximum atomic E-state index is 11.2. The number of nitriles is 2. The molecule has 8 heteroatoms. The van der Waals surface area contributed by atoms with Crippen LogP contribution in [0.3, 0.4) is 0 Å². The number of nitro benzene ring substituents is 2. The van der Waals surface area contributed by atoms with Gasteiger partial charge >= 0.3 is 0 Å². The number of benzene rings is 4. The van der Waals surface area contributed by atoms with Crippen molar-refractivity contribution in [1.29, 1.82) is 10.5 Å². The van der Waals surface area contributed by atoms with Crippen molar-refractivity contribution in [3.8, 4) is 12.1 Å². The van der Waals surface area contributed by atoms with E-state index >= 15 is 0 Å². The van der Waals surface area contributed by atoms with Gasteiger partial charge in [-0.05, 0) is 41.5 Å². The molecule has 192 valence electrons. The van der Waals surface area contributed by atoms with Crippen LogP contribution in [0, 0.1) is 42.9 Å². The highest BCUT2D eigenvalue weighted by atomic mass is 16.6. The standard InChI is InChI=1S/C31H24N4O4/c32-22-30(24-8-3-1-4-9-24,26-12-16-28(17-13-26)34(36)37)20-7-21-31(23-33,25-10-5-2-6-11-25)27-14-18-29(19-15-27)35(38)39/h1-6,8-19H,7,20-21H2. The largest absolute Gasteiger partial charge is 0.269 e. The minimum atomic E-state index is -1.11. The van der Waals surface area contributed by atoms with Gasteiger partial charge in [0.1, 0.15) is 10.8 Å². The van der Waals surface area contributed by atoms with E-state index in [0.29, 0.717) is 30.4 Å². The van der Waals surface area contributed by atoms with E-state index in [1.165, 1.54) is 24.3 Å². The summed E-state index contributed by atoms with van der Waals surface area (Å²) in [6.07, 6.45) is 1.13. The summed E-state index contributed by atoms with van der Waals surface area (Å²) in [4.78, 5) is 21.5. The predicted octanol–water partition coefficient (Wildman–Crippen LogP) is 6.99. The third-order valence-electron chi connectivity index (χ3n) is 7.16. The summed E-state index contributed by atoms with van der Waals surface area (Å²) in [7, 11) is 0. The van der Waals surface area contributed by atoms with Crippen molar-refractivity contribution in [3.05, 3.63) is 152 Å². The lowest BCUT2D eigenvalue weighted by atomic mass is 9.68. The second kappa shape index (κ2) is 11.4. The third-order valence-corrected chi connectivity index (χ3v) is 7.16. The zero-order chi connectivity index (χ0) is 27.9. The molecule has 0 saturated heterocycles. The molecular weight excluding hydrogens is 492 g/mol. The Morgan fingerprint density at radius 2 is 0.846 bits per heavy atom. The molecule has 0 bridgehead atoms. The first-order valence-corrected chi connectivity index (χ1v) is 12.3. The smallest absolute Gasteiger partial charge is 0.258 e. The summed E-state index contributed by atoms with van der Waals surface area (Å²) < 4.78 is 0. The average Bonchev–Trinajstić information content (AvgIpc) is 2.99. The maximum absolute atomic E-state index is 11.2. The molecule has 0 aliphatic rings. The van der Waals surface area contributed by atoms with Crippen molar-refractivity contribution in [3.63, 3.8) is 0 Å². The molecule has 4 aromatic carbocycles. The number of nitrogens with zero attached hydrogens (tertiary/aromatic N) is 4. The monoisotopic (exact) mass is 516 g/mol. The summed E-state index contributed by atoms with van der Waals surface area (Å²) in [5.74, 6) is 0. The van der Waals surface area contributed by atoms with E-state index < -0.39 is 20.7 Å². The lowest BCUT2D eigenvalue weighted by Gasteiger charge is -2.32. The molecule has 4 aromatic rings. The molecule has 0 aliphatic carbocycles. The van der Waals surface area contributed by atoms with E-state index in [-0.39, 0.29) is 11.4 Å². The van der Waals surface area contributed by atoms with Gasteiger partial charge < -0.3 is 0 Å². The van der Waals surface area contributed by atoms with Crippen molar-refractivity contribution in [1.82, 2.24) is 0 Å². The van der Waals surface area contributed by atoms with E-state index in [0.717, 1.165) is 11.1 Å². The van der Waals surface area contributed by atoms with Crippen molar-refractivity contribution in [2.24, 2.45) is 0 Å². The molecule has 2 atom stereocenters. The second-order valence-electron chi connectivity index (χ2n) is 9.23. The summed E-state index contributed by atoms with van der Waals surface area (Å²) in [6.45, 7) is 0. The van der Waals surface area contributed by atoms with Gasteiger partial charge in [0.05, 0.1) is 22.0 Å². The van der Waals surface area contributed by atoms with Crippen molar-refractivity contribution in [2.75, 3.05) is 0 Å². The van der Waals surface area contributed by atoms with Gasteiger partial charge in [-0.1, -0.05) is 84.9 Å². The van der Waals surface area contributed by atoms with E-state index in [9.17, 15) is 30.8 Å². The molecule has 0 radical (unpaired) electrons. The highest BCUT2D eigenvalue weighted by molar-refractivity contribution is 5.50. The Bertz CT molecular complexity index is 1420. The molecule has 2 unspecified atom stereocenters. The molecule has 0 heterocycles. The lowest BCUT2D eigenvalue weighted by Crippen LogP contribution is -2.29. The zero-order valence-corrected chi connectivity index (χ0v) is 20.9. The van der Waals surface area contributed by atoms with E-state index in [4.69, 9.17) is 0 Å². The van der Waals surface area contributed by atoms with Crippen molar-refractivity contribution >= 4 is 11.4 Å². The van der Waals surface area contributed by atoms with Gasteiger partial charge in [0.15, 0.2) is 0 Å². The van der Waals surface area contributed by atoms with Crippen LogP contribution in [0.4, 0.5) is 11.4 Å². The number of rotatable bonds is 10. The van der Waals surface area contributed by atoms with Crippen LogP contribution in [0.25, 0.3) is 0 Å². The van der Waals surface area contributed by atoms with Crippen LogP contribution in [0.5, 0.6) is 0 Å². The Hall–Kier alpha value is -5.34. The highest BCUT2D eigenvalue weighted by Gasteiger charge is 2.38. The molecule has 0 aliphatic heterocycles. The lowest BCUT2D eigenvalue weighted by molar-refractivity contribution is -0.385. The Kier molecular flexibility index (Phi) is 7.79. The van der Waals surface area contributed by atoms with Crippen LogP contribution < -0.4 is 0 Å². The number of non-ortho nitro benzene ring substituents is 2. The quantitative estimate of drug-likeness (QED) is 0.165.